The average molecular weight is 508 g/mol. The molecule has 0 aliphatic carbocycles. The monoisotopic (exact) mass is 508 g/mol. The van der Waals surface area contributed by atoms with Crippen molar-refractivity contribution in [1.82, 2.24) is 0 Å². The van der Waals surface area contributed by atoms with Gasteiger partial charge in [0.25, 0.3) is 0 Å². The van der Waals surface area contributed by atoms with Crippen LogP contribution in [0.2, 0.25) is 0 Å². The molecule has 0 aliphatic rings. The van der Waals surface area contributed by atoms with Crippen LogP contribution in [0.5, 0.6) is 0 Å². The van der Waals surface area contributed by atoms with Gasteiger partial charge in [-0.3, -0.25) is 9.59 Å². The molecule has 9 heteroatoms. The van der Waals surface area contributed by atoms with Gasteiger partial charge < -0.3 is 19.8 Å². The second-order valence-corrected chi connectivity index (χ2v) is 9.71. The van der Waals surface area contributed by atoms with E-state index in [0.717, 1.165) is 13.2 Å². The predicted octanol–water partition coefficient (Wildman–Crippen LogP) is 2.51. The number of carbonyl (C=O) groups excluding carboxylic acids is 4. The Morgan fingerprint density at radius 3 is 1.09 bits per heavy atom. The minimum Gasteiger partial charge on any atom is -0.550 e. The Balaban J connectivity index is -0.000000409. The number of hydrogen-bond donors (Lipinski definition) is 0. The van der Waals surface area contributed by atoms with Crippen LogP contribution in [0.15, 0.2) is 0 Å². The number of hydrogen-bond acceptors (Lipinski definition) is 8. The molecule has 33 heavy (non-hydrogen) atoms. The molecule has 0 aromatic heterocycles. The van der Waals surface area contributed by atoms with Crippen LogP contribution in [0.4, 0.5) is 0 Å². The summed E-state index contributed by atoms with van der Waals surface area (Å²) in [6.07, 6.45) is 1.97. The van der Waals surface area contributed by atoms with E-state index in [0.29, 0.717) is 37.5 Å². The minimum atomic E-state index is -1.28. The summed E-state index contributed by atoms with van der Waals surface area (Å²) in [5.41, 5.74) is 0. The molecule has 192 valence electrons. The molecular formula is C24H44O8Ti. The van der Waals surface area contributed by atoms with E-state index in [4.69, 9.17) is 6.64 Å². The van der Waals surface area contributed by atoms with Gasteiger partial charge >= 0.3 is 79.3 Å². The standard InChI is InChI=1S/2C8H14O3.2C4H9O.Ti/c2*1-3-6(4-2)7(9)5-8(10)11;2*1-4(2)3-5;/h2*6H,3-5H2,1-2H3,(H,10,11);2*4H,3H2,1-2H3;/q;;2*-1;+4/p-2. The Morgan fingerprint density at radius 1 is 0.636 bits per heavy atom. The van der Waals surface area contributed by atoms with Crippen molar-refractivity contribution in [3.05, 3.63) is 0 Å². The first-order valence-corrected chi connectivity index (χ1v) is 13.1. The molecule has 0 bridgehead atoms. The van der Waals surface area contributed by atoms with Crippen LogP contribution in [0.25, 0.3) is 0 Å². The summed E-state index contributed by atoms with van der Waals surface area (Å²) in [6.45, 7) is 17.8. The van der Waals surface area contributed by atoms with Crippen molar-refractivity contribution in [2.45, 2.75) is 93.9 Å². The van der Waals surface area contributed by atoms with Gasteiger partial charge in [0, 0.05) is 36.6 Å². The quantitative estimate of drug-likeness (QED) is 0.176. The fourth-order valence-corrected chi connectivity index (χ4v) is 3.89. The average Bonchev–Trinajstić information content (AvgIpc) is 2.69. The Labute approximate surface area is 210 Å². The Bertz CT molecular complexity index is 481. The van der Waals surface area contributed by atoms with Gasteiger partial charge in [-0.2, -0.15) is 0 Å². The zero-order chi connectivity index (χ0) is 26.4. The van der Waals surface area contributed by atoms with Crippen LogP contribution in [0.3, 0.4) is 0 Å². The van der Waals surface area contributed by atoms with Gasteiger partial charge in [0.1, 0.15) is 11.6 Å². The fourth-order valence-electron chi connectivity index (χ4n) is 2.50. The second kappa shape index (κ2) is 24.1. The van der Waals surface area contributed by atoms with E-state index < -0.39 is 44.7 Å². The van der Waals surface area contributed by atoms with E-state index in [-0.39, 0.29) is 23.4 Å². The maximum atomic E-state index is 11.0. The molecule has 0 amide bonds. The Hall–Kier alpha value is -1.09. The third-order valence-corrected chi connectivity index (χ3v) is 5.36. The molecule has 0 N–H and O–H groups in total. The number of Topliss-reactive ketones (excluding diaryl/α,β-unsaturated/α-hetero) is 2. The number of carboxylic acid groups (broad SMARTS) is 2. The summed E-state index contributed by atoms with van der Waals surface area (Å²) in [5.74, 6) is -1.93. The summed E-state index contributed by atoms with van der Waals surface area (Å²) in [7, 11) is 0. The van der Waals surface area contributed by atoms with Crippen LogP contribution >= 0.6 is 0 Å². The molecule has 0 saturated carbocycles. The van der Waals surface area contributed by atoms with Gasteiger partial charge in [0.05, 0.1) is 0 Å². The molecule has 0 saturated heterocycles. The summed E-state index contributed by atoms with van der Waals surface area (Å²) >= 11 is -0.563. The number of aliphatic carboxylic acids is 2. The summed E-state index contributed by atoms with van der Waals surface area (Å²) in [6, 6.07) is 0. The van der Waals surface area contributed by atoms with Crippen molar-refractivity contribution in [3.8, 4) is 0 Å². The van der Waals surface area contributed by atoms with Gasteiger partial charge in [-0.1, -0.05) is 27.7 Å². The van der Waals surface area contributed by atoms with E-state index in [1.54, 1.807) is 0 Å². The summed E-state index contributed by atoms with van der Waals surface area (Å²) in [5, 5.41) is 20.0. The first kappa shape index (κ1) is 36.5. The van der Waals surface area contributed by atoms with Crippen molar-refractivity contribution in [3.63, 3.8) is 0 Å². The van der Waals surface area contributed by atoms with Crippen LogP contribution in [-0.4, -0.2) is 36.7 Å². The van der Waals surface area contributed by atoms with E-state index >= 15 is 0 Å². The first-order chi connectivity index (χ1) is 15.4. The van der Waals surface area contributed by atoms with Crippen molar-refractivity contribution in [2.24, 2.45) is 23.7 Å². The molecule has 0 unspecified atom stereocenters. The van der Waals surface area contributed by atoms with Crippen LogP contribution in [-0.2, 0) is 45.7 Å². The summed E-state index contributed by atoms with van der Waals surface area (Å²) < 4.78 is 10.7. The van der Waals surface area contributed by atoms with Gasteiger partial charge in [-0.05, 0) is 25.7 Å². The largest absolute Gasteiger partial charge is 0.550 e. The first-order valence-electron chi connectivity index (χ1n) is 11.8. The minimum absolute atomic E-state index is 0.104. The van der Waals surface area contributed by atoms with Gasteiger partial charge in [-0.15, -0.1) is 0 Å². The second-order valence-electron chi connectivity index (χ2n) is 8.55. The van der Waals surface area contributed by atoms with E-state index in [1.807, 2.05) is 27.7 Å². The van der Waals surface area contributed by atoms with Gasteiger partial charge in [-0.25, -0.2) is 0 Å². The normalized spacial score (nSPS) is 10.3. The van der Waals surface area contributed by atoms with E-state index in [9.17, 15) is 29.4 Å². The molecule has 0 atom stereocenters. The molecule has 0 heterocycles. The maximum absolute atomic E-state index is 11.0. The van der Waals surface area contributed by atoms with Gasteiger partial charge in [0.15, 0.2) is 0 Å². The van der Waals surface area contributed by atoms with Crippen molar-refractivity contribution in [2.75, 3.05) is 13.2 Å². The third kappa shape index (κ3) is 27.0. The summed E-state index contributed by atoms with van der Waals surface area (Å²) in [4.78, 5) is 42.0. The number of carbonyl (C=O) groups is 4. The smallest absolute Gasteiger partial charge is 0.141 e. The molecule has 0 aliphatic heterocycles. The van der Waals surface area contributed by atoms with Crippen LogP contribution in [0.1, 0.15) is 93.9 Å². The molecule has 8 nitrogen and oxygen atoms in total. The number of carboxylic acids is 2. The molecule has 0 aromatic rings. The van der Waals surface area contributed by atoms with Crippen molar-refractivity contribution in [1.29, 1.82) is 0 Å². The SMILES string of the molecule is CC(C)C[O][Ti+2][O]CC(C)C.CCC(CC)C(=O)CC(=O)[O-].CCC(CC)C(=O)CC(=O)[O-]. The Morgan fingerprint density at radius 2 is 0.909 bits per heavy atom. The van der Waals surface area contributed by atoms with Crippen molar-refractivity contribution >= 4 is 23.5 Å². The zero-order valence-corrected chi connectivity index (χ0v) is 23.3. The van der Waals surface area contributed by atoms with E-state index in [2.05, 4.69) is 27.7 Å². The Kier molecular flexibility index (Phi) is 26.6. The maximum Gasteiger partial charge on any atom is 0.141 e. The van der Waals surface area contributed by atoms with Crippen LogP contribution in [0, 0.1) is 23.7 Å². The number of rotatable bonds is 16. The third-order valence-electron chi connectivity index (χ3n) is 4.47. The van der Waals surface area contributed by atoms with Crippen molar-refractivity contribution < 1.29 is 56.0 Å². The van der Waals surface area contributed by atoms with Gasteiger partial charge in [0.2, 0.25) is 0 Å². The molecule has 0 aromatic carbocycles. The molecule has 0 fully saturated rings. The molecular weight excluding hydrogens is 464 g/mol. The molecule has 0 spiro atoms. The van der Waals surface area contributed by atoms with Crippen LogP contribution < -0.4 is 10.2 Å². The topological polar surface area (TPSA) is 133 Å². The molecule has 0 rings (SSSR count). The zero-order valence-electron chi connectivity index (χ0n) is 21.7. The number of ketones is 2. The van der Waals surface area contributed by atoms with E-state index in [1.165, 1.54) is 0 Å². The fraction of sp³-hybridized carbons (Fsp3) is 0.833. The predicted molar refractivity (Wildman–Crippen MR) is 119 cm³/mol. The molecule has 0 radical (unpaired) electrons.